The van der Waals surface area contributed by atoms with Gasteiger partial charge in [0.15, 0.2) is 5.82 Å². The summed E-state index contributed by atoms with van der Waals surface area (Å²) >= 11 is 1.71. The van der Waals surface area contributed by atoms with E-state index < -0.39 is 0 Å². The second-order valence-corrected chi connectivity index (χ2v) is 5.35. The Morgan fingerprint density at radius 2 is 2.30 bits per heavy atom. The highest BCUT2D eigenvalue weighted by atomic mass is 32.2. The molecule has 108 valence electrons. The first-order valence-electron chi connectivity index (χ1n) is 6.42. The number of thioether (sulfide) groups is 1. The van der Waals surface area contributed by atoms with Gasteiger partial charge in [0.2, 0.25) is 0 Å². The normalized spacial score (nSPS) is 10.9. The van der Waals surface area contributed by atoms with Crippen LogP contribution in [0.5, 0.6) is 0 Å². The zero-order valence-electron chi connectivity index (χ0n) is 11.7. The van der Waals surface area contributed by atoms with Crippen LogP contribution in [-0.4, -0.2) is 40.5 Å². The zero-order valence-corrected chi connectivity index (χ0v) is 12.6. The molecule has 0 saturated heterocycles. The zero-order chi connectivity index (χ0) is 14.2. The molecule has 1 aromatic heterocycles. The van der Waals surface area contributed by atoms with E-state index in [1.54, 1.807) is 25.9 Å². The molecule has 0 aliphatic carbocycles. The van der Waals surface area contributed by atoms with Crippen molar-refractivity contribution >= 4 is 11.8 Å². The van der Waals surface area contributed by atoms with Crippen LogP contribution in [0.4, 0.5) is 0 Å². The van der Waals surface area contributed by atoms with Crippen molar-refractivity contribution in [1.29, 1.82) is 0 Å². The molecule has 0 unspecified atom stereocenters. The van der Waals surface area contributed by atoms with Gasteiger partial charge in [-0.3, -0.25) is 0 Å². The molecule has 1 N–H and O–H groups in total. The summed E-state index contributed by atoms with van der Waals surface area (Å²) in [7, 11) is 3.48. The first kappa shape index (κ1) is 15.0. The maximum absolute atomic E-state index is 5.00. The number of methoxy groups -OCH3 is 1. The lowest BCUT2D eigenvalue weighted by Gasteiger charge is -2.06. The average Bonchev–Trinajstić information content (AvgIpc) is 2.88. The maximum atomic E-state index is 5.00. The van der Waals surface area contributed by atoms with Gasteiger partial charge in [-0.2, -0.15) is 4.80 Å². The van der Waals surface area contributed by atoms with Crippen LogP contribution in [0.25, 0.3) is 0 Å². The highest BCUT2D eigenvalue weighted by Gasteiger charge is 2.02. The number of hydrogen-bond donors (Lipinski definition) is 1. The van der Waals surface area contributed by atoms with E-state index in [-0.39, 0.29) is 0 Å². The summed E-state index contributed by atoms with van der Waals surface area (Å²) in [6.07, 6.45) is 0. The van der Waals surface area contributed by atoms with E-state index in [0.717, 1.165) is 31.3 Å². The average molecular weight is 293 g/mol. The first-order chi connectivity index (χ1) is 9.78. The van der Waals surface area contributed by atoms with Crippen molar-refractivity contribution in [1.82, 2.24) is 25.5 Å². The summed E-state index contributed by atoms with van der Waals surface area (Å²) in [4.78, 5) is 2.69. The number of hydrogen-bond acceptors (Lipinski definition) is 6. The Morgan fingerprint density at radius 1 is 1.40 bits per heavy atom. The molecule has 1 heterocycles. The van der Waals surface area contributed by atoms with Gasteiger partial charge in [-0.15, -0.1) is 22.0 Å². The van der Waals surface area contributed by atoms with Crippen LogP contribution in [0, 0.1) is 0 Å². The molecule has 0 radical (unpaired) electrons. The molecule has 2 aromatic rings. The van der Waals surface area contributed by atoms with Gasteiger partial charge in [0.25, 0.3) is 0 Å². The van der Waals surface area contributed by atoms with Gasteiger partial charge in [-0.05, 0) is 22.9 Å². The monoisotopic (exact) mass is 293 g/mol. The van der Waals surface area contributed by atoms with E-state index in [9.17, 15) is 0 Å². The minimum atomic E-state index is 0.729. The Balaban J connectivity index is 1.82. The summed E-state index contributed by atoms with van der Waals surface area (Å²) in [6.45, 7) is 2.44. The molecule has 0 bridgehead atoms. The molecule has 0 spiro atoms. The van der Waals surface area contributed by atoms with Crippen molar-refractivity contribution in [2.24, 2.45) is 7.05 Å². The Bertz CT molecular complexity index is 531. The van der Waals surface area contributed by atoms with Crippen LogP contribution in [0.15, 0.2) is 29.2 Å². The smallest absolute Gasteiger partial charge is 0.184 e. The van der Waals surface area contributed by atoms with E-state index in [1.165, 1.54) is 15.3 Å². The lowest BCUT2D eigenvalue weighted by Crippen LogP contribution is -2.18. The lowest BCUT2D eigenvalue weighted by molar-refractivity contribution is 0.199. The van der Waals surface area contributed by atoms with Gasteiger partial charge in [-0.1, -0.05) is 12.1 Å². The largest absolute Gasteiger partial charge is 0.383 e. The second kappa shape index (κ2) is 7.98. The van der Waals surface area contributed by atoms with Gasteiger partial charge in [0.05, 0.1) is 19.4 Å². The third-order valence-electron chi connectivity index (χ3n) is 2.63. The van der Waals surface area contributed by atoms with Gasteiger partial charge < -0.3 is 10.1 Å². The first-order valence-corrected chi connectivity index (χ1v) is 7.41. The Labute approximate surface area is 122 Å². The predicted octanol–water partition coefficient (Wildman–Crippen LogP) is 1.24. The Morgan fingerprint density at radius 3 is 3.05 bits per heavy atom. The molecule has 20 heavy (non-hydrogen) atoms. The lowest BCUT2D eigenvalue weighted by atomic mass is 10.2. The molecule has 0 atom stereocenters. The summed E-state index contributed by atoms with van der Waals surface area (Å²) < 4.78 is 5.00. The summed E-state index contributed by atoms with van der Waals surface area (Å²) in [5, 5.41) is 15.3. The van der Waals surface area contributed by atoms with Crippen molar-refractivity contribution in [3.05, 3.63) is 35.7 Å². The van der Waals surface area contributed by atoms with E-state index in [2.05, 4.69) is 45.0 Å². The van der Waals surface area contributed by atoms with Gasteiger partial charge >= 0.3 is 0 Å². The molecule has 0 fully saturated rings. The van der Waals surface area contributed by atoms with Crippen molar-refractivity contribution in [2.45, 2.75) is 17.2 Å². The molecule has 6 nitrogen and oxygen atoms in total. The third kappa shape index (κ3) is 4.92. The number of nitrogens with one attached hydrogen (secondary N) is 1. The predicted molar refractivity (Wildman–Crippen MR) is 78.4 cm³/mol. The highest BCUT2D eigenvalue weighted by molar-refractivity contribution is 7.98. The van der Waals surface area contributed by atoms with Crippen LogP contribution < -0.4 is 5.32 Å². The highest BCUT2D eigenvalue weighted by Crippen LogP contribution is 2.21. The third-order valence-corrected chi connectivity index (χ3v) is 3.62. The van der Waals surface area contributed by atoms with E-state index >= 15 is 0 Å². The number of rotatable bonds is 8. The maximum Gasteiger partial charge on any atom is 0.184 e. The van der Waals surface area contributed by atoms with Crippen molar-refractivity contribution < 1.29 is 4.74 Å². The fraction of sp³-hybridized carbons (Fsp3) is 0.462. The van der Waals surface area contributed by atoms with Gasteiger partial charge in [0, 0.05) is 25.1 Å². The standard InChI is InChI=1S/C13H19N5OS/c1-18-16-13(15-17-18)10-20-12-5-3-4-11(8-12)9-14-6-7-19-2/h3-5,8,14H,6-7,9-10H2,1-2H3. The molecule has 0 amide bonds. The van der Waals surface area contributed by atoms with E-state index in [0.29, 0.717) is 0 Å². The number of nitrogens with zero attached hydrogens (tertiary/aromatic N) is 4. The fourth-order valence-electron chi connectivity index (χ4n) is 1.68. The van der Waals surface area contributed by atoms with E-state index in [1.807, 2.05) is 0 Å². The molecular weight excluding hydrogens is 274 g/mol. The van der Waals surface area contributed by atoms with Crippen molar-refractivity contribution in [3.8, 4) is 0 Å². The Kier molecular flexibility index (Phi) is 5.97. The molecule has 1 aromatic carbocycles. The molecular formula is C13H19N5OS. The van der Waals surface area contributed by atoms with E-state index in [4.69, 9.17) is 4.74 Å². The topological polar surface area (TPSA) is 64.9 Å². The molecule has 7 heteroatoms. The molecule has 0 aliphatic heterocycles. The van der Waals surface area contributed by atoms with Gasteiger partial charge in [-0.25, -0.2) is 0 Å². The number of benzene rings is 1. The fourth-order valence-corrected chi connectivity index (χ4v) is 2.50. The SMILES string of the molecule is COCCNCc1cccc(SCc2nnn(C)n2)c1. The molecule has 0 saturated carbocycles. The Hall–Kier alpha value is -1.44. The van der Waals surface area contributed by atoms with Crippen LogP contribution >= 0.6 is 11.8 Å². The minimum absolute atomic E-state index is 0.729. The van der Waals surface area contributed by atoms with Crippen molar-refractivity contribution in [2.75, 3.05) is 20.3 Å². The van der Waals surface area contributed by atoms with Crippen LogP contribution in [0.1, 0.15) is 11.4 Å². The number of ether oxygens (including phenoxy) is 1. The number of tetrazole rings is 1. The van der Waals surface area contributed by atoms with Crippen LogP contribution in [0.3, 0.4) is 0 Å². The summed E-state index contributed by atoms with van der Waals surface area (Å²) in [5.41, 5.74) is 1.26. The van der Waals surface area contributed by atoms with Gasteiger partial charge in [0.1, 0.15) is 0 Å². The van der Waals surface area contributed by atoms with Crippen LogP contribution in [-0.2, 0) is 24.1 Å². The second-order valence-electron chi connectivity index (χ2n) is 4.30. The van der Waals surface area contributed by atoms with Crippen molar-refractivity contribution in [3.63, 3.8) is 0 Å². The number of aromatic nitrogens is 4. The molecule has 0 aliphatic rings. The molecule has 2 rings (SSSR count). The summed E-state index contributed by atoms with van der Waals surface area (Å²) in [5.74, 6) is 1.48. The number of aryl methyl sites for hydroxylation is 1. The minimum Gasteiger partial charge on any atom is -0.383 e. The van der Waals surface area contributed by atoms with Crippen LogP contribution in [0.2, 0.25) is 0 Å². The quantitative estimate of drug-likeness (QED) is 0.583. The summed E-state index contributed by atoms with van der Waals surface area (Å²) in [6, 6.07) is 8.46.